The average molecular weight is 152 g/mol. The second-order valence-corrected chi connectivity index (χ2v) is 1.84. The molecule has 0 saturated carbocycles. The number of anilines is 1. The molecule has 0 aliphatic rings. The third-order valence-corrected chi connectivity index (χ3v) is 0.974. The molecule has 0 bridgehead atoms. The molecule has 0 fully saturated rings. The Kier molecular flexibility index (Phi) is 4.23. The molecular weight excluding hydrogens is 147 g/mol. The van der Waals surface area contributed by atoms with E-state index in [9.17, 15) is 0 Å². The Bertz CT molecular complexity index is 154. The van der Waals surface area contributed by atoms with Crippen molar-refractivity contribution in [1.82, 2.24) is 4.98 Å². The summed E-state index contributed by atoms with van der Waals surface area (Å²) in [6.45, 7) is 0. The van der Waals surface area contributed by atoms with Crippen LogP contribution in [0.3, 0.4) is 0 Å². The molecule has 9 heavy (non-hydrogen) atoms. The first-order chi connectivity index (χ1) is 3.79. The molecule has 1 rings (SSSR count). The van der Waals surface area contributed by atoms with E-state index in [1.165, 1.54) is 6.20 Å². The third-order valence-electron chi connectivity index (χ3n) is 0.750. The van der Waals surface area contributed by atoms with Crippen molar-refractivity contribution >= 4 is 47.0 Å². The van der Waals surface area contributed by atoms with Gasteiger partial charge in [-0.1, -0.05) is 11.6 Å². The zero-order chi connectivity index (χ0) is 5.98. The van der Waals surface area contributed by atoms with Crippen LogP contribution in [0.5, 0.6) is 0 Å². The minimum Gasteiger partial charge on any atom is -0.384 e. The van der Waals surface area contributed by atoms with Crippen LogP contribution in [0.25, 0.3) is 0 Å². The topological polar surface area (TPSA) is 38.9 Å². The van der Waals surface area contributed by atoms with Gasteiger partial charge in [-0.3, -0.25) is 0 Å². The summed E-state index contributed by atoms with van der Waals surface area (Å²) in [4.78, 5) is 3.72. The maximum absolute atomic E-state index is 5.49. The van der Waals surface area contributed by atoms with Crippen LogP contribution in [0.2, 0.25) is 5.02 Å². The Morgan fingerprint density at radius 1 is 1.44 bits per heavy atom. The first kappa shape index (κ1) is 9.24. The molecule has 0 unspecified atom stereocenters. The van der Waals surface area contributed by atoms with Crippen LogP contribution < -0.4 is 5.73 Å². The maximum Gasteiger partial charge on any atom is 0.123 e. The average Bonchev–Trinajstić information content (AvgIpc) is 1.77. The van der Waals surface area contributed by atoms with Gasteiger partial charge in [0.2, 0.25) is 0 Å². The molecule has 1 heterocycles. The van der Waals surface area contributed by atoms with Gasteiger partial charge in [0.05, 0.1) is 5.02 Å². The van der Waals surface area contributed by atoms with Crippen molar-refractivity contribution in [3.8, 4) is 0 Å². The Balaban J connectivity index is 0.000000640. The van der Waals surface area contributed by atoms with Crippen molar-refractivity contribution in [2.75, 3.05) is 5.73 Å². The molecule has 2 nitrogen and oxygen atoms in total. The van der Waals surface area contributed by atoms with Gasteiger partial charge in [-0.2, -0.15) is 0 Å². The number of nitrogen functional groups attached to an aromatic ring is 1. The SMILES string of the molecule is Nc1ccc(Cl)cn1.[Na]. The van der Waals surface area contributed by atoms with Crippen molar-refractivity contribution < 1.29 is 0 Å². The number of rotatable bonds is 0. The Morgan fingerprint density at radius 2 is 2.11 bits per heavy atom. The normalized spacial score (nSPS) is 8.11. The van der Waals surface area contributed by atoms with Crippen molar-refractivity contribution in [3.05, 3.63) is 23.4 Å². The van der Waals surface area contributed by atoms with Gasteiger partial charge in [-0.25, -0.2) is 4.98 Å². The third kappa shape index (κ3) is 3.06. The maximum atomic E-state index is 5.49. The molecule has 0 aromatic carbocycles. The number of pyridine rings is 1. The van der Waals surface area contributed by atoms with Crippen molar-refractivity contribution in [2.45, 2.75) is 0 Å². The van der Waals surface area contributed by atoms with Gasteiger partial charge in [-0.05, 0) is 12.1 Å². The largest absolute Gasteiger partial charge is 0.384 e. The number of nitrogens with two attached hydrogens (primary N) is 1. The van der Waals surface area contributed by atoms with E-state index in [1.54, 1.807) is 12.1 Å². The molecular formula is C5H5ClN2Na. The van der Waals surface area contributed by atoms with Gasteiger partial charge in [0.15, 0.2) is 0 Å². The summed E-state index contributed by atoms with van der Waals surface area (Å²) in [6.07, 6.45) is 1.51. The Labute approximate surface area is 80.7 Å². The van der Waals surface area contributed by atoms with E-state index in [-0.39, 0.29) is 29.6 Å². The summed E-state index contributed by atoms with van der Waals surface area (Å²) in [5.41, 5.74) is 5.26. The summed E-state index contributed by atoms with van der Waals surface area (Å²) in [6, 6.07) is 3.35. The van der Waals surface area contributed by atoms with Crippen LogP contribution in [0, 0.1) is 0 Å². The summed E-state index contributed by atoms with van der Waals surface area (Å²) in [5, 5.41) is 0.610. The van der Waals surface area contributed by atoms with Crippen LogP contribution in [-0.2, 0) is 0 Å². The molecule has 0 aliphatic heterocycles. The number of nitrogens with zero attached hydrogens (tertiary/aromatic N) is 1. The molecule has 0 saturated heterocycles. The van der Waals surface area contributed by atoms with Gasteiger partial charge in [0.25, 0.3) is 0 Å². The van der Waals surface area contributed by atoms with Crippen molar-refractivity contribution in [3.63, 3.8) is 0 Å². The van der Waals surface area contributed by atoms with Gasteiger partial charge < -0.3 is 5.73 Å². The molecule has 0 amide bonds. The van der Waals surface area contributed by atoms with Crippen LogP contribution in [0.15, 0.2) is 18.3 Å². The quantitative estimate of drug-likeness (QED) is 0.561. The van der Waals surface area contributed by atoms with Crippen molar-refractivity contribution in [1.29, 1.82) is 0 Å². The predicted molar refractivity (Wildman–Crippen MR) is 39.4 cm³/mol. The van der Waals surface area contributed by atoms with Gasteiger partial charge in [0, 0.05) is 35.8 Å². The van der Waals surface area contributed by atoms with Crippen LogP contribution >= 0.6 is 11.6 Å². The fourth-order valence-electron chi connectivity index (χ4n) is 0.387. The molecule has 0 atom stereocenters. The van der Waals surface area contributed by atoms with Crippen molar-refractivity contribution in [2.24, 2.45) is 0 Å². The summed E-state index contributed by atoms with van der Waals surface area (Å²) in [5.74, 6) is 0.495. The van der Waals surface area contributed by atoms with E-state index in [0.29, 0.717) is 10.8 Å². The predicted octanol–water partition coefficient (Wildman–Crippen LogP) is 0.936. The molecule has 2 N–H and O–H groups in total. The van der Waals surface area contributed by atoms with Gasteiger partial charge >= 0.3 is 0 Å². The molecule has 1 aromatic rings. The molecule has 1 aromatic heterocycles. The minimum absolute atomic E-state index is 0. The number of halogens is 1. The second kappa shape index (κ2) is 4.12. The van der Waals surface area contributed by atoms with Crippen LogP contribution in [-0.4, -0.2) is 34.5 Å². The van der Waals surface area contributed by atoms with Gasteiger partial charge in [0.1, 0.15) is 5.82 Å². The van der Waals surface area contributed by atoms with Gasteiger partial charge in [-0.15, -0.1) is 0 Å². The first-order valence-electron chi connectivity index (χ1n) is 2.16. The number of hydrogen-bond donors (Lipinski definition) is 1. The number of aromatic nitrogens is 1. The first-order valence-corrected chi connectivity index (χ1v) is 2.54. The van der Waals surface area contributed by atoms with E-state index < -0.39 is 0 Å². The molecule has 43 valence electrons. The molecule has 0 spiro atoms. The summed E-state index contributed by atoms with van der Waals surface area (Å²) < 4.78 is 0. The van der Waals surface area contributed by atoms with E-state index in [4.69, 9.17) is 17.3 Å². The van der Waals surface area contributed by atoms with Crippen LogP contribution in [0.4, 0.5) is 5.82 Å². The van der Waals surface area contributed by atoms with E-state index >= 15 is 0 Å². The second-order valence-electron chi connectivity index (χ2n) is 1.40. The zero-order valence-corrected chi connectivity index (χ0v) is 7.89. The molecule has 4 heteroatoms. The summed E-state index contributed by atoms with van der Waals surface area (Å²) >= 11 is 5.49. The zero-order valence-electron chi connectivity index (χ0n) is 5.13. The Morgan fingerprint density at radius 3 is 2.44 bits per heavy atom. The van der Waals surface area contributed by atoms with E-state index in [1.807, 2.05) is 0 Å². The number of hydrogen-bond acceptors (Lipinski definition) is 2. The van der Waals surface area contributed by atoms with E-state index in [0.717, 1.165) is 0 Å². The summed E-state index contributed by atoms with van der Waals surface area (Å²) in [7, 11) is 0. The fraction of sp³-hybridized carbons (Fsp3) is 0. The fourth-order valence-corrected chi connectivity index (χ4v) is 0.499. The monoisotopic (exact) mass is 151 g/mol. The smallest absolute Gasteiger partial charge is 0.123 e. The van der Waals surface area contributed by atoms with E-state index in [2.05, 4.69) is 4.98 Å². The Hall–Kier alpha value is 0.240. The van der Waals surface area contributed by atoms with Crippen LogP contribution in [0.1, 0.15) is 0 Å². The molecule has 1 radical (unpaired) electrons. The molecule has 0 aliphatic carbocycles. The standard InChI is InChI=1S/C5H5ClN2.Na/c6-4-1-2-5(7)8-3-4;/h1-3H,(H2,7,8);. The minimum atomic E-state index is 0.